The first-order valence-electron chi connectivity index (χ1n) is 7.46. The molecule has 1 aromatic heterocycles. The predicted molar refractivity (Wildman–Crippen MR) is 93.3 cm³/mol. The van der Waals surface area contributed by atoms with E-state index in [1.807, 2.05) is 32.9 Å². The summed E-state index contributed by atoms with van der Waals surface area (Å²) < 4.78 is 0. The van der Waals surface area contributed by atoms with Crippen molar-refractivity contribution in [2.24, 2.45) is 0 Å². The van der Waals surface area contributed by atoms with Crippen molar-refractivity contribution in [3.8, 4) is 0 Å². The maximum absolute atomic E-state index is 12.2. The maximum atomic E-state index is 12.2. The van der Waals surface area contributed by atoms with Crippen LogP contribution in [-0.4, -0.2) is 27.7 Å². The molecule has 7 heteroatoms. The van der Waals surface area contributed by atoms with Crippen molar-refractivity contribution in [1.29, 1.82) is 0 Å². The first kappa shape index (κ1) is 16.3. The molecule has 0 spiro atoms. The zero-order valence-electron chi connectivity index (χ0n) is 13.6. The van der Waals surface area contributed by atoms with E-state index in [-0.39, 0.29) is 12.5 Å². The van der Waals surface area contributed by atoms with Gasteiger partial charge in [0.1, 0.15) is 11.0 Å². The molecule has 2 aromatic carbocycles. The van der Waals surface area contributed by atoms with Crippen LogP contribution in [-0.2, 0) is 4.79 Å². The first-order valence-corrected chi connectivity index (χ1v) is 7.84. The van der Waals surface area contributed by atoms with Gasteiger partial charge < -0.3 is 10.2 Å². The molecule has 1 N–H and O–H groups in total. The Labute approximate surface area is 144 Å². The highest BCUT2D eigenvalue weighted by molar-refractivity contribution is 6.31. The molecule has 1 amide bonds. The highest BCUT2D eigenvalue weighted by atomic mass is 35.5. The minimum atomic E-state index is -0.268. The molecule has 0 aliphatic heterocycles. The SMILES string of the molecule is Cc1cc(C)c(NC(=O)COn2nnc3ccc(Cl)cc32)c(C)c1. The number of carbonyl (C=O) groups excluding carboxylic acids is 1. The van der Waals surface area contributed by atoms with Crippen LogP contribution in [0, 0.1) is 20.8 Å². The molecule has 1 heterocycles. The molecule has 124 valence electrons. The van der Waals surface area contributed by atoms with Gasteiger partial charge in [-0.2, -0.15) is 0 Å². The van der Waals surface area contributed by atoms with E-state index in [9.17, 15) is 4.79 Å². The normalized spacial score (nSPS) is 10.8. The van der Waals surface area contributed by atoms with Crippen molar-refractivity contribution in [1.82, 2.24) is 15.2 Å². The summed E-state index contributed by atoms with van der Waals surface area (Å²) in [4.78, 5) is 18.8. The molecule has 0 fully saturated rings. The minimum absolute atomic E-state index is 0.183. The van der Waals surface area contributed by atoms with Gasteiger partial charge in [0.05, 0.1) is 0 Å². The third-order valence-electron chi connectivity index (χ3n) is 3.64. The number of rotatable bonds is 4. The summed E-state index contributed by atoms with van der Waals surface area (Å²) >= 11 is 5.96. The van der Waals surface area contributed by atoms with Gasteiger partial charge in [-0.15, -0.1) is 5.10 Å². The molecule has 0 saturated heterocycles. The molecule has 0 aliphatic carbocycles. The number of halogens is 1. The molecule has 0 aliphatic rings. The van der Waals surface area contributed by atoms with E-state index in [0.29, 0.717) is 16.1 Å². The molecular formula is C17H17ClN4O2. The predicted octanol–water partition coefficient (Wildman–Crippen LogP) is 3.08. The molecule has 0 bridgehead atoms. The van der Waals surface area contributed by atoms with E-state index in [4.69, 9.17) is 16.4 Å². The number of aryl methyl sites for hydroxylation is 3. The molecule has 3 rings (SSSR count). The molecule has 0 radical (unpaired) electrons. The minimum Gasteiger partial charge on any atom is -0.385 e. The van der Waals surface area contributed by atoms with Gasteiger partial charge in [0.25, 0.3) is 5.91 Å². The van der Waals surface area contributed by atoms with Crippen molar-refractivity contribution in [3.63, 3.8) is 0 Å². The summed E-state index contributed by atoms with van der Waals surface area (Å²) in [5.41, 5.74) is 5.24. The van der Waals surface area contributed by atoms with Gasteiger partial charge >= 0.3 is 0 Å². The molecule has 0 atom stereocenters. The second-order valence-corrected chi connectivity index (χ2v) is 6.13. The standard InChI is InChI=1S/C17H17ClN4O2/c1-10-6-11(2)17(12(3)7-10)19-16(23)9-24-22-15-8-13(18)4-5-14(15)20-21-22/h4-8H,9H2,1-3H3,(H,19,23). The Bertz CT molecular complexity index is 897. The van der Waals surface area contributed by atoms with Gasteiger partial charge in [0.15, 0.2) is 6.61 Å². The van der Waals surface area contributed by atoms with E-state index in [1.165, 1.54) is 4.85 Å². The number of nitrogens with one attached hydrogen (secondary N) is 1. The number of amides is 1. The fourth-order valence-corrected chi connectivity index (χ4v) is 2.81. The summed E-state index contributed by atoms with van der Waals surface area (Å²) in [6.07, 6.45) is 0. The number of nitrogens with zero attached hydrogens (tertiary/aromatic N) is 3. The Kier molecular flexibility index (Phi) is 4.40. The lowest BCUT2D eigenvalue weighted by molar-refractivity contribution is -0.121. The number of benzene rings is 2. The zero-order chi connectivity index (χ0) is 17.3. The highest BCUT2D eigenvalue weighted by Gasteiger charge is 2.11. The Morgan fingerprint density at radius 1 is 1.21 bits per heavy atom. The van der Waals surface area contributed by atoms with Crippen molar-refractivity contribution in [3.05, 3.63) is 52.0 Å². The number of hydrogen-bond acceptors (Lipinski definition) is 4. The smallest absolute Gasteiger partial charge is 0.265 e. The molecule has 0 unspecified atom stereocenters. The van der Waals surface area contributed by atoms with Crippen LogP contribution in [0.4, 0.5) is 5.69 Å². The van der Waals surface area contributed by atoms with Crippen LogP contribution in [0.3, 0.4) is 0 Å². The van der Waals surface area contributed by atoms with E-state index in [0.717, 1.165) is 22.4 Å². The van der Waals surface area contributed by atoms with Crippen LogP contribution < -0.4 is 10.2 Å². The Hall–Kier alpha value is -2.60. The summed E-state index contributed by atoms with van der Waals surface area (Å²) in [6.45, 7) is 5.76. The van der Waals surface area contributed by atoms with Gasteiger partial charge in [-0.05, 0) is 55.3 Å². The Balaban J connectivity index is 1.70. The second-order valence-electron chi connectivity index (χ2n) is 5.69. The number of aromatic nitrogens is 3. The lowest BCUT2D eigenvalue weighted by Gasteiger charge is -2.13. The largest absolute Gasteiger partial charge is 0.385 e. The van der Waals surface area contributed by atoms with Crippen molar-refractivity contribution in [2.45, 2.75) is 20.8 Å². The van der Waals surface area contributed by atoms with Crippen LogP contribution in [0.1, 0.15) is 16.7 Å². The summed E-state index contributed by atoms with van der Waals surface area (Å²) in [6, 6.07) is 9.19. The van der Waals surface area contributed by atoms with Crippen LogP contribution in [0.25, 0.3) is 11.0 Å². The van der Waals surface area contributed by atoms with Crippen LogP contribution in [0.15, 0.2) is 30.3 Å². The van der Waals surface area contributed by atoms with Crippen molar-refractivity contribution >= 4 is 34.2 Å². The third-order valence-corrected chi connectivity index (χ3v) is 3.87. The lowest BCUT2D eigenvalue weighted by Crippen LogP contribution is -2.26. The second kappa shape index (κ2) is 6.49. The van der Waals surface area contributed by atoms with Crippen molar-refractivity contribution in [2.75, 3.05) is 11.9 Å². The van der Waals surface area contributed by atoms with Crippen LogP contribution in [0.2, 0.25) is 5.02 Å². The highest BCUT2D eigenvalue weighted by Crippen LogP contribution is 2.21. The maximum Gasteiger partial charge on any atom is 0.265 e. The Morgan fingerprint density at radius 2 is 1.92 bits per heavy atom. The van der Waals surface area contributed by atoms with Crippen LogP contribution >= 0.6 is 11.6 Å². The quantitative estimate of drug-likeness (QED) is 0.789. The number of anilines is 1. The fraction of sp³-hybridized carbons (Fsp3) is 0.235. The van der Waals surface area contributed by atoms with Gasteiger partial charge in [0.2, 0.25) is 0 Å². The van der Waals surface area contributed by atoms with Crippen LogP contribution in [0.5, 0.6) is 0 Å². The van der Waals surface area contributed by atoms with E-state index < -0.39 is 0 Å². The third kappa shape index (κ3) is 3.33. The number of fused-ring (bicyclic) bond motifs is 1. The lowest BCUT2D eigenvalue weighted by atomic mass is 10.1. The van der Waals surface area contributed by atoms with E-state index in [2.05, 4.69) is 15.6 Å². The topological polar surface area (TPSA) is 69.0 Å². The average molecular weight is 345 g/mol. The first-order chi connectivity index (χ1) is 11.4. The molecule has 24 heavy (non-hydrogen) atoms. The molecule has 6 nitrogen and oxygen atoms in total. The molecular weight excluding hydrogens is 328 g/mol. The van der Waals surface area contributed by atoms with E-state index >= 15 is 0 Å². The fourth-order valence-electron chi connectivity index (χ4n) is 2.64. The molecule has 3 aromatic rings. The summed E-state index contributed by atoms with van der Waals surface area (Å²) in [5, 5.41) is 11.2. The van der Waals surface area contributed by atoms with E-state index in [1.54, 1.807) is 18.2 Å². The monoisotopic (exact) mass is 344 g/mol. The number of hydrogen-bond donors (Lipinski definition) is 1. The molecule has 0 saturated carbocycles. The van der Waals surface area contributed by atoms with Gasteiger partial charge in [-0.3, -0.25) is 4.79 Å². The van der Waals surface area contributed by atoms with Crippen molar-refractivity contribution < 1.29 is 9.63 Å². The number of carbonyl (C=O) groups is 1. The Morgan fingerprint density at radius 3 is 2.62 bits per heavy atom. The summed E-state index contributed by atoms with van der Waals surface area (Å²) in [5.74, 6) is -0.268. The van der Waals surface area contributed by atoms with Gasteiger partial charge in [0, 0.05) is 10.7 Å². The zero-order valence-corrected chi connectivity index (χ0v) is 14.4. The average Bonchev–Trinajstić information content (AvgIpc) is 2.91. The van der Waals surface area contributed by atoms with Gasteiger partial charge in [-0.1, -0.05) is 34.1 Å². The summed E-state index contributed by atoms with van der Waals surface area (Å²) in [7, 11) is 0. The van der Waals surface area contributed by atoms with Gasteiger partial charge in [-0.25, -0.2) is 0 Å².